The van der Waals surface area contributed by atoms with Gasteiger partial charge in [-0.15, -0.1) is 0 Å². The second-order valence-electron chi connectivity index (χ2n) is 5.62. The Bertz CT molecular complexity index is 910. The highest BCUT2D eigenvalue weighted by atomic mass is 16.2. The standard InChI is InChI=1S/C19H18N4O2/c1-13-5-6-14-3-2-4-16(18(14)22-13)19(25)21-12-9-17(24)23-15-7-10-20-11-8-15/h2-8,10-11H,9,12H2,1H3,(H,21,25)(H,20,23,24). The fourth-order valence-electron chi connectivity index (χ4n) is 2.47. The van der Waals surface area contributed by atoms with Gasteiger partial charge in [0, 0.05) is 42.1 Å². The van der Waals surface area contributed by atoms with Gasteiger partial charge in [0.1, 0.15) is 0 Å². The molecule has 0 aliphatic rings. The fourth-order valence-corrected chi connectivity index (χ4v) is 2.47. The number of nitrogens with one attached hydrogen (secondary N) is 2. The van der Waals surface area contributed by atoms with Crippen molar-refractivity contribution in [3.8, 4) is 0 Å². The Kier molecular flexibility index (Phi) is 4.99. The van der Waals surface area contributed by atoms with E-state index in [1.165, 1.54) is 0 Å². The lowest BCUT2D eigenvalue weighted by Gasteiger charge is -2.08. The zero-order valence-corrected chi connectivity index (χ0v) is 13.8. The van der Waals surface area contributed by atoms with Gasteiger partial charge in [0.2, 0.25) is 5.91 Å². The molecule has 0 atom stereocenters. The predicted molar refractivity (Wildman–Crippen MR) is 96.3 cm³/mol. The highest BCUT2D eigenvalue weighted by molar-refractivity contribution is 6.05. The molecular weight excluding hydrogens is 316 g/mol. The highest BCUT2D eigenvalue weighted by Crippen LogP contribution is 2.17. The van der Waals surface area contributed by atoms with Gasteiger partial charge in [-0.05, 0) is 31.2 Å². The lowest BCUT2D eigenvalue weighted by Crippen LogP contribution is -2.28. The molecule has 6 nitrogen and oxygen atoms in total. The van der Waals surface area contributed by atoms with Crippen LogP contribution in [0.1, 0.15) is 22.5 Å². The molecule has 1 aromatic carbocycles. The van der Waals surface area contributed by atoms with Crippen LogP contribution in [-0.4, -0.2) is 28.3 Å². The lowest BCUT2D eigenvalue weighted by atomic mass is 10.1. The van der Waals surface area contributed by atoms with Gasteiger partial charge in [0.25, 0.3) is 5.91 Å². The Morgan fingerprint density at radius 3 is 2.64 bits per heavy atom. The number of nitrogens with zero attached hydrogens (tertiary/aromatic N) is 2. The Morgan fingerprint density at radius 2 is 1.84 bits per heavy atom. The number of fused-ring (bicyclic) bond motifs is 1. The molecule has 3 rings (SSSR count). The Balaban J connectivity index is 1.60. The first-order valence-electron chi connectivity index (χ1n) is 7.98. The maximum Gasteiger partial charge on any atom is 0.253 e. The molecule has 2 amide bonds. The number of hydrogen-bond donors (Lipinski definition) is 2. The van der Waals surface area contributed by atoms with Crippen molar-refractivity contribution in [2.45, 2.75) is 13.3 Å². The normalized spacial score (nSPS) is 10.4. The lowest BCUT2D eigenvalue weighted by molar-refractivity contribution is -0.116. The molecule has 0 fully saturated rings. The number of aryl methyl sites for hydroxylation is 1. The number of carbonyl (C=O) groups excluding carboxylic acids is 2. The molecule has 3 aromatic rings. The van der Waals surface area contributed by atoms with E-state index in [9.17, 15) is 9.59 Å². The first-order chi connectivity index (χ1) is 12.1. The third-order valence-corrected chi connectivity index (χ3v) is 3.71. The molecule has 0 unspecified atom stereocenters. The number of pyridine rings is 2. The summed E-state index contributed by atoms with van der Waals surface area (Å²) in [5.41, 5.74) is 2.71. The van der Waals surface area contributed by atoms with Crippen molar-refractivity contribution < 1.29 is 9.59 Å². The van der Waals surface area contributed by atoms with E-state index in [4.69, 9.17) is 0 Å². The number of anilines is 1. The monoisotopic (exact) mass is 334 g/mol. The summed E-state index contributed by atoms with van der Waals surface area (Å²) in [4.78, 5) is 32.6. The average molecular weight is 334 g/mol. The van der Waals surface area contributed by atoms with E-state index in [2.05, 4.69) is 20.6 Å². The zero-order valence-electron chi connectivity index (χ0n) is 13.8. The molecular formula is C19H18N4O2. The Morgan fingerprint density at radius 1 is 1.04 bits per heavy atom. The molecule has 0 spiro atoms. The van der Waals surface area contributed by atoms with Gasteiger partial charge in [0.15, 0.2) is 0 Å². The first-order valence-corrected chi connectivity index (χ1v) is 7.98. The maximum atomic E-state index is 12.4. The van der Waals surface area contributed by atoms with Crippen molar-refractivity contribution in [3.05, 3.63) is 66.1 Å². The van der Waals surface area contributed by atoms with Crippen molar-refractivity contribution in [3.63, 3.8) is 0 Å². The molecule has 6 heteroatoms. The van der Waals surface area contributed by atoms with Crippen LogP contribution in [0.5, 0.6) is 0 Å². The molecule has 0 aliphatic carbocycles. The van der Waals surface area contributed by atoms with Crippen molar-refractivity contribution in [1.82, 2.24) is 15.3 Å². The molecule has 2 aromatic heterocycles. The number of aromatic nitrogens is 2. The van der Waals surface area contributed by atoms with Crippen LogP contribution in [0.3, 0.4) is 0 Å². The van der Waals surface area contributed by atoms with Gasteiger partial charge in [-0.3, -0.25) is 19.6 Å². The summed E-state index contributed by atoms with van der Waals surface area (Å²) in [6.07, 6.45) is 3.39. The van der Waals surface area contributed by atoms with Crippen LogP contribution in [0.25, 0.3) is 10.9 Å². The summed E-state index contributed by atoms with van der Waals surface area (Å²) >= 11 is 0. The minimum atomic E-state index is -0.236. The summed E-state index contributed by atoms with van der Waals surface area (Å²) in [6.45, 7) is 2.13. The number of hydrogen-bond acceptors (Lipinski definition) is 4. The minimum absolute atomic E-state index is 0.168. The summed E-state index contributed by atoms with van der Waals surface area (Å²) < 4.78 is 0. The third-order valence-electron chi connectivity index (χ3n) is 3.71. The topological polar surface area (TPSA) is 84.0 Å². The Hall–Kier alpha value is -3.28. The molecule has 0 saturated heterocycles. The van der Waals surface area contributed by atoms with Gasteiger partial charge < -0.3 is 10.6 Å². The van der Waals surface area contributed by atoms with Crippen molar-refractivity contribution in [2.24, 2.45) is 0 Å². The number of rotatable bonds is 5. The van der Waals surface area contributed by atoms with Crippen LogP contribution < -0.4 is 10.6 Å². The molecule has 126 valence electrons. The van der Waals surface area contributed by atoms with Crippen molar-refractivity contribution in [1.29, 1.82) is 0 Å². The van der Waals surface area contributed by atoms with E-state index in [-0.39, 0.29) is 24.8 Å². The van der Waals surface area contributed by atoms with Crippen LogP contribution >= 0.6 is 0 Å². The molecule has 0 radical (unpaired) electrons. The van der Waals surface area contributed by atoms with Crippen LogP contribution in [-0.2, 0) is 4.79 Å². The Labute approximate surface area is 145 Å². The second-order valence-corrected chi connectivity index (χ2v) is 5.62. The average Bonchev–Trinajstić information content (AvgIpc) is 2.62. The molecule has 0 bridgehead atoms. The van der Waals surface area contributed by atoms with Gasteiger partial charge in [-0.2, -0.15) is 0 Å². The third kappa shape index (κ3) is 4.17. The number of carbonyl (C=O) groups is 2. The van der Waals surface area contributed by atoms with Crippen LogP contribution in [0.15, 0.2) is 54.9 Å². The summed E-state index contributed by atoms with van der Waals surface area (Å²) in [5.74, 6) is -0.404. The van der Waals surface area contributed by atoms with Gasteiger partial charge >= 0.3 is 0 Å². The fraction of sp³-hybridized carbons (Fsp3) is 0.158. The molecule has 0 aliphatic heterocycles. The van der Waals surface area contributed by atoms with Crippen LogP contribution in [0, 0.1) is 6.92 Å². The summed E-state index contributed by atoms with van der Waals surface area (Å²) in [6, 6.07) is 12.7. The van der Waals surface area contributed by atoms with Crippen molar-refractivity contribution in [2.75, 3.05) is 11.9 Å². The van der Waals surface area contributed by atoms with Crippen molar-refractivity contribution >= 4 is 28.4 Å². The first kappa shape index (κ1) is 16.6. The summed E-state index contributed by atoms with van der Waals surface area (Å²) in [7, 11) is 0. The van der Waals surface area contributed by atoms with Crippen LogP contribution in [0.2, 0.25) is 0 Å². The van der Waals surface area contributed by atoms with Gasteiger partial charge in [0.05, 0.1) is 11.1 Å². The van der Waals surface area contributed by atoms with E-state index in [0.29, 0.717) is 16.8 Å². The van der Waals surface area contributed by atoms with E-state index in [1.807, 2.05) is 31.2 Å². The van der Waals surface area contributed by atoms with E-state index in [1.54, 1.807) is 30.6 Å². The predicted octanol–water partition coefficient (Wildman–Crippen LogP) is 2.70. The molecule has 0 saturated carbocycles. The SMILES string of the molecule is Cc1ccc2cccc(C(=O)NCCC(=O)Nc3ccncc3)c2n1. The highest BCUT2D eigenvalue weighted by Gasteiger charge is 2.11. The van der Waals surface area contributed by atoms with E-state index < -0.39 is 0 Å². The number of amides is 2. The quantitative estimate of drug-likeness (QED) is 0.751. The molecule has 2 N–H and O–H groups in total. The minimum Gasteiger partial charge on any atom is -0.351 e. The van der Waals surface area contributed by atoms with Gasteiger partial charge in [-0.1, -0.05) is 18.2 Å². The number of para-hydroxylation sites is 1. The largest absolute Gasteiger partial charge is 0.351 e. The zero-order chi connectivity index (χ0) is 17.6. The molecule has 25 heavy (non-hydrogen) atoms. The van der Waals surface area contributed by atoms with Gasteiger partial charge in [-0.25, -0.2) is 0 Å². The van der Waals surface area contributed by atoms with Crippen LogP contribution in [0.4, 0.5) is 5.69 Å². The second kappa shape index (κ2) is 7.53. The van der Waals surface area contributed by atoms with E-state index >= 15 is 0 Å². The summed E-state index contributed by atoms with van der Waals surface area (Å²) in [5, 5.41) is 6.44. The number of benzene rings is 1. The maximum absolute atomic E-state index is 12.4. The van der Waals surface area contributed by atoms with E-state index in [0.717, 1.165) is 11.1 Å². The smallest absolute Gasteiger partial charge is 0.253 e. The molecule has 2 heterocycles.